The molecule has 4 N–H and O–H groups in total. The lowest BCUT2D eigenvalue weighted by Gasteiger charge is -2.05. The lowest BCUT2D eigenvalue weighted by atomic mass is 10.0. The van der Waals surface area contributed by atoms with Crippen LogP contribution in [0, 0.1) is 0 Å². The second-order valence-electron chi connectivity index (χ2n) is 12.8. The Labute approximate surface area is 283 Å². The molecule has 0 spiro atoms. The molecule has 3 aliphatic rings. The van der Waals surface area contributed by atoms with Crippen LogP contribution in [-0.2, 0) is 0 Å². The molecular weight excluding hydrogens is 576 g/mol. The number of carbonyl (C=O) groups is 2. The van der Waals surface area contributed by atoms with Gasteiger partial charge in [-0.05, 0) is 24.3 Å². The van der Waals surface area contributed by atoms with Crippen LogP contribution in [0.25, 0.3) is 0 Å². The molecule has 0 bridgehead atoms. The molecular formula is C40H74O6. The van der Waals surface area contributed by atoms with E-state index in [0.717, 1.165) is 14.2 Å². The molecule has 6 nitrogen and oxygen atoms in total. The lowest BCUT2D eigenvalue weighted by molar-refractivity contribution is 0.0681. The smallest absolute Gasteiger partial charge is 0.335 e. The van der Waals surface area contributed by atoms with Gasteiger partial charge in [0.2, 0.25) is 0 Å². The van der Waals surface area contributed by atoms with E-state index >= 15 is 0 Å². The molecule has 0 atom stereocenters. The van der Waals surface area contributed by atoms with Crippen LogP contribution >= 0.6 is 0 Å². The first-order chi connectivity index (χ1) is 22.6. The minimum Gasteiger partial charge on any atom is -0.478 e. The Morgan fingerprint density at radius 3 is 0.457 bits per heavy atom. The van der Waals surface area contributed by atoms with E-state index in [1.807, 2.05) is 0 Å². The number of rotatable bonds is 2. The average Bonchev–Trinajstić information content (AvgIpc) is 3.11. The quantitative estimate of drug-likeness (QED) is 0.253. The van der Waals surface area contributed by atoms with Gasteiger partial charge < -0.3 is 20.4 Å². The van der Waals surface area contributed by atoms with Crippen molar-refractivity contribution < 1.29 is 30.0 Å². The summed E-state index contributed by atoms with van der Waals surface area (Å²) in [4.78, 5) is 20.7. The molecule has 4 rings (SSSR count). The number of carboxylic acids is 2. The van der Waals surface area contributed by atoms with E-state index in [-0.39, 0.29) is 11.1 Å². The molecule has 6 heteroatoms. The molecule has 1 aromatic rings. The fraction of sp³-hybridized carbons (Fsp3) is 0.800. The fourth-order valence-electron chi connectivity index (χ4n) is 6.06. The van der Waals surface area contributed by atoms with Crippen molar-refractivity contribution in [1.29, 1.82) is 0 Å². The zero-order valence-corrected chi connectivity index (χ0v) is 30.1. The van der Waals surface area contributed by atoms with Crippen molar-refractivity contribution in [3.63, 3.8) is 0 Å². The van der Waals surface area contributed by atoms with Gasteiger partial charge in [-0.25, -0.2) is 9.59 Å². The number of aromatic carboxylic acids is 2. The van der Waals surface area contributed by atoms with Crippen LogP contribution in [-0.4, -0.2) is 46.6 Å². The van der Waals surface area contributed by atoms with Gasteiger partial charge in [-0.1, -0.05) is 193 Å². The number of carboxylic acid groups (broad SMARTS) is 2. The average molecular weight is 651 g/mol. The highest BCUT2D eigenvalue weighted by Crippen LogP contribution is 2.17. The Kier molecular flexibility index (Phi) is 39.4. The summed E-state index contributed by atoms with van der Waals surface area (Å²) in [6.07, 6.45) is 45.0. The van der Waals surface area contributed by atoms with Crippen molar-refractivity contribution in [3.8, 4) is 0 Å². The molecule has 0 aliphatic heterocycles. The van der Waals surface area contributed by atoms with E-state index in [1.165, 1.54) is 217 Å². The highest BCUT2D eigenvalue weighted by Gasteiger charge is 2.05. The third-order valence-electron chi connectivity index (χ3n) is 8.88. The SMILES string of the molecule is C1CCCCCCCCC1.C1CCCCCCCCC1.C1CCCCCCCCC1.CO.CO.O=C(O)c1ccc(C(=O)O)cc1. The molecule has 0 amide bonds. The van der Waals surface area contributed by atoms with Gasteiger partial charge >= 0.3 is 11.9 Å². The Bertz CT molecular complexity index is 568. The van der Waals surface area contributed by atoms with E-state index in [2.05, 4.69) is 0 Å². The summed E-state index contributed by atoms with van der Waals surface area (Å²) in [6.45, 7) is 0. The minimum absolute atomic E-state index is 0.0833. The van der Waals surface area contributed by atoms with Gasteiger partial charge in [-0.15, -0.1) is 0 Å². The van der Waals surface area contributed by atoms with Gasteiger partial charge in [0.05, 0.1) is 11.1 Å². The van der Waals surface area contributed by atoms with Gasteiger partial charge in [-0.3, -0.25) is 0 Å². The Balaban J connectivity index is 0. The summed E-state index contributed by atoms with van der Waals surface area (Å²) in [5, 5.41) is 30.9. The normalized spacial score (nSPS) is 18.3. The summed E-state index contributed by atoms with van der Waals surface area (Å²) >= 11 is 0. The maximum Gasteiger partial charge on any atom is 0.335 e. The van der Waals surface area contributed by atoms with Crippen molar-refractivity contribution in [3.05, 3.63) is 35.4 Å². The highest BCUT2D eigenvalue weighted by molar-refractivity contribution is 5.91. The predicted molar refractivity (Wildman–Crippen MR) is 195 cm³/mol. The molecule has 3 aliphatic carbocycles. The van der Waals surface area contributed by atoms with Gasteiger partial charge in [0.25, 0.3) is 0 Å². The Morgan fingerprint density at radius 1 is 0.304 bits per heavy atom. The zero-order valence-electron chi connectivity index (χ0n) is 30.1. The van der Waals surface area contributed by atoms with E-state index in [1.54, 1.807) is 0 Å². The third-order valence-corrected chi connectivity index (χ3v) is 8.88. The van der Waals surface area contributed by atoms with E-state index in [4.69, 9.17) is 20.4 Å². The number of hydrogen-bond acceptors (Lipinski definition) is 4. The summed E-state index contributed by atoms with van der Waals surface area (Å²) in [7, 11) is 2.00. The topological polar surface area (TPSA) is 115 Å². The number of aliphatic hydroxyl groups is 2. The number of benzene rings is 1. The highest BCUT2D eigenvalue weighted by atomic mass is 16.4. The van der Waals surface area contributed by atoms with Crippen LogP contribution in [0.4, 0.5) is 0 Å². The monoisotopic (exact) mass is 651 g/mol. The molecule has 3 fully saturated rings. The van der Waals surface area contributed by atoms with Crippen LogP contribution in [0.3, 0.4) is 0 Å². The summed E-state index contributed by atoms with van der Waals surface area (Å²) in [5.74, 6) is -2.13. The van der Waals surface area contributed by atoms with Crippen molar-refractivity contribution in [2.24, 2.45) is 0 Å². The Hall–Kier alpha value is -1.92. The third kappa shape index (κ3) is 33.4. The molecule has 3 saturated carbocycles. The second kappa shape index (κ2) is 39.3. The number of aliphatic hydroxyl groups excluding tert-OH is 2. The molecule has 0 aromatic heterocycles. The Morgan fingerprint density at radius 2 is 0.391 bits per heavy atom. The van der Waals surface area contributed by atoms with Crippen LogP contribution in [0.15, 0.2) is 24.3 Å². The first-order valence-corrected chi connectivity index (χ1v) is 19.1. The van der Waals surface area contributed by atoms with Crippen molar-refractivity contribution in [2.75, 3.05) is 14.2 Å². The molecule has 46 heavy (non-hydrogen) atoms. The van der Waals surface area contributed by atoms with Crippen molar-refractivity contribution in [1.82, 2.24) is 0 Å². The van der Waals surface area contributed by atoms with Crippen LogP contribution in [0.2, 0.25) is 0 Å². The minimum atomic E-state index is -1.06. The van der Waals surface area contributed by atoms with Gasteiger partial charge in [0.1, 0.15) is 0 Å². The lowest BCUT2D eigenvalue weighted by Crippen LogP contribution is -1.99. The molecule has 0 radical (unpaired) electrons. The van der Waals surface area contributed by atoms with Crippen molar-refractivity contribution in [2.45, 2.75) is 193 Å². The maximum atomic E-state index is 10.3. The zero-order chi connectivity index (χ0) is 34.4. The second-order valence-corrected chi connectivity index (χ2v) is 12.8. The summed E-state index contributed by atoms with van der Waals surface area (Å²) in [5.41, 5.74) is 0.167. The van der Waals surface area contributed by atoms with E-state index in [9.17, 15) is 9.59 Å². The van der Waals surface area contributed by atoms with Gasteiger partial charge in [-0.2, -0.15) is 0 Å². The number of hydrogen-bond donors (Lipinski definition) is 4. The largest absolute Gasteiger partial charge is 0.478 e. The van der Waals surface area contributed by atoms with E-state index < -0.39 is 11.9 Å². The first kappa shape index (κ1) is 46.2. The summed E-state index contributed by atoms with van der Waals surface area (Å²) < 4.78 is 0. The standard InChI is InChI=1S/3C10H20.C8H6O4.2CH4O/c3*1-2-4-6-8-10-9-7-5-3-1;9-7(10)5-1-2-6(4-3-5)8(11)12;2*1-2/h3*1-10H2;1-4H,(H,9,10)(H,11,12);2*2H,1H3. The summed E-state index contributed by atoms with van der Waals surface area (Å²) in [6, 6.07) is 5.02. The van der Waals surface area contributed by atoms with Crippen LogP contribution in [0.1, 0.15) is 213 Å². The predicted octanol–water partition coefficient (Wildman–Crippen LogP) is 12.0. The molecule has 0 unspecified atom stereocenters. The maximum absolute atomic E-state index is 10.3. The van der Waals surface area contributed by atoms with Gasteiger partial charge in [0, 0.05) is 14.2 Å². The van der Waals surface area contributed by atoms with Crippen LogP contribution < -0.4 is 0 Å². The molecule has 270 valence electrons. The molecule has 1 aromatic carbocycles. The fourth-order valence-corrected chi connectivity index (χ4v) is 6.06. The van der Waals surface area contributed by atoms with Gasteiger partial charge in [0.15, 0.2) is 0 Å². The first-order valence-electron chi connectivity index (χ1n) is 19.1. The van der Waals surface area contributed by atoms with Crippen molar-refractivity contribution >= 4 is 11.9 Å². The molecule has 0 saturated heterocycles. The van der Waals surface area contributed by atoms with Crippen LogP contribution in [0.5, 0.6) is 0 Å². The molecule has 0 heterocycles. The van der Waals surface area contributed by atoms with E-state index in [0.29, 0.717) is 0 Å².